The maximum absolute atomic E-state index is 12.3. The zero-order valence-corrected chi connectivity index (χ0v) is 17.8. The molecule has 2 amide bonds. The predicted octanol–water partition coefficient (Wildman–Crippen LogP) is 5.62. The lowest BCUT2D eigenvalue weighted by Gasteiger charge is -2.11. The van der Waals surface area contributed by atoms with Gasteiger partial charge in [-0.1, -0.05) is 12.1 Å². The van der Waals surface area contributed by atoms with Gasteiger partial charge < -0.3 is 21.3 Å². The molecule has 2 aromatic heterocycles. The van der Waals surface area contributed by atoms with Gasteiger partial charge in [-0.2, -0.15) is 0 Å². The summed E-state index contributed by atoms with van der Waals surface area (Å²) in [6, 6.07) is 20.3. The largest absolute Gasteiger partial charge is 0.340 e. The number of amides is 2. The van der Waals surface area contributed by atoms with Gasteiger partial charge in [0.05, 0.1) is 0 Å². The van der Waals surface area contributed by atoms with Crippen LogP contribution in [0.4, 0.5) is 39.3 Å². The van der Waals surface area contributed by atoms with Crippen molar-refractivity contribution >= 4 is 40.5 Å². The third-order valence-corrected chi connectivity index (χ3v) is 4.77. The van der Waals surface area contributed by atoms with Crippen LogP contribution >= 0.6 is 0 Å². The average molecular weight is 425 g/mol. The van der Waals surface area contributed by atoms with Gasteiger partial charge in [0.1, 0.15) is 23.8 Å². The van der Waals surface area contributed by atoms with Gasteiger partial charge in [-0.25, -0.2) is 19.7 Å². The van der Waals surface area contributed by atoms with Gasteiger partial charge in [-0.15, -0.1) is 0 Å². The zero-order chi connectivity index (χ0) is 22.3. The molecule has 0 atom stereocenters. The number of pyridine rings is 1. The highest BCUT2D eigenvalue weighted by atomic mass is 16.2. The second-order valence-corrected chi connectivity index (χ2v) is 7.21. The molecule has 0 unspecified atom stereocenters. The van der Waals surface area contributed by atoms with Gasteiger partial charge >= 0.3 is 6.03 Å². The first-order chi connectivity index (χ1) is 15.5. The van der Waals surface area contributed by atoms with E-state index in [2.05, 4.69) is 36.2 Å². The number of carbonyl (C=O) groups is 1. The van der Waals surface area contributed by atoms with Crippen molar-refractivity contribution in [1.29, 1.82) is 0 Å². The molecule has 0 saturated carbocycles. The molecule has 0 radical (unpaired) electrons. The Kier molecular flexibility index (Phi) is 6.22. The van der Waals surface area contributed by atoms with E-state index in [9.17, 15) is 4.79 Å². The molecule has 0 spiro atoms. The SMILES string of the molecule is Cc1ccc(NC(=O)Nc2ccc(Nc3cc(Nc4ccccn4)ncn3)cc2)cc1C. The fraction of sp³-hybridized carbons (Fsp3) is 0.0833. The molecule has 8 nitrogen and oxygen atoms in total. The number of anilines is 6. The number of nitrogens with one attached hydrogen (secondary N) is 4. The molecular formula is C24H23N7O. The minimum Gasteiger partial charge on any atom is -0.340 e. The van der Waals surface area contributed by atoms with Crippen LogP contribution in [0.1, 0.15) is 11.1 Å². The van der Waals surface area contributed by atoms with Crippen LogP contribution in [0, 0.1) is 13.8 Å². The van der Waals surface area contributed by atoms with Gasteiger partial charge in [0.15, 0.2) is 0 Å². The van der Waals surface area contributed by atoms with E-state index in [1.54, 1.807) is 12.3 Å². The second kappa shape index (κ2) is 9.57. The first-order valence-electron chi connectivity index (χ1n) is 10.1. The van der Waals surface area contributed by atoms with Crippen LogP contribution in [0.15, 0.2) is 79.3 Å². The molecule has 0 aliphatic carbocycles. The van der Waals surface area contributed by atoms with E-state index in [0.717, 1.165) is 16.9 Å². The Morgan fingerprint density at radius 3 is 2.06 bits per heavy atom. The molecule has 2 heterocycles. The molecule has 0 fully saturated rings. The molecule has 0 aliphatic heterocycles. The Bertz CT molecular complexity index is 1210. The van der Waals surface area contributed by atoms with E-state index in [-0.39, 0.29) is 6.03 Å². The number of carbonyl (C=O) groups excluding carboxylic acids is 1. The molecule has 8 heteroatoms. The van der Waals surface area contributed by atoms with Crippen molar-refractivity contribution in [2.45, 2.75) is 13.8 Å². The average Bonchev–Trinajstić information content (AvgIpc) is 2.79. The molecule has 4 aromatic rings. The first-order valence-corrected chi connectivity index (χ1v) is 10.1. The lowest BCUT2D eigenvalue weighted by molar-refractivity contribution is 0.262. The zero-order valence-electron chi connectivity index (χ0n) is 17.8. The van der Waals surface area contributed by atoms with Gasteiger partial charge in [0.25, 0.3) is 0 Å². The third kappa shape index (κ3) is 5.57. The molecule has 4 rings (SSSR count). The summed E-state index contributed by atoms with van der Waals surface area (Å²) in [4.78, 5) is 25.0. The number of aryl methyl sites for hydroxylation is 2. The Morgan fingerprint density at radius 2 is 1.34 bits per heavy atom. The minimum atomic E-state index is -0.296. The number of benzene rings is 2. The lowest BCUT2D eigenvalue weighted by atomic mass is 10.1. The van der Waals surface area contributed by atoms with Crippen molar-refractivity contribution < 1.29 is 4.79 Å². The summed E-state index contributed by atoms with van der Waals surface area (Å²) >= 11 is 0. The molecule has 4 N–H and O–H groups in total. The fourth-order valence-electron chi connectivity index (χ4n) is 2.96. The Morgan fingerprint density at radius 1 is 0.656 bits per heavy atom. The quantitative estimate of drug-likeness (QED) is 0.320. The van der Waals surface area contributed by atoms with Crippen molar-refractivity contribution in [2.75, 3.05) is 21.3 Å². The normalized spacial score (nSPS) is 10.3. The van der Waals surface area contributed by atoms with Crippen molar-refractivity contribution in [3.8, 4) is 0 Å². The molecule has 0 bridgehead atoms. The molecule has 2 aromatic carbocycles. The standard InChI is InChI=1S/C24H23N7O/c1-16-6-7-20(13-17(16)2)30-24(32)29-19-10-8-18(9-11-19)28-22-14-23(27-15-26-22)31-21-5-3-4-12-25-21/h3-15H,1-2H3,(H2,29,30,32)(H2,25,26,27,28,31). The number of nitrogens with zero attached hydrogens (tertiary/aromatic N) is 3. The Labute approximate surface area is 186 Å². The van der Waals surface area contributed by atoms with Crippen molar-refractivity contribution in [2.24, 2.45) is 0 Å². The summed E-state index contributed by atoms with van der Waals surface area (Å²) < 4.78 is 0. The molecule has 160 valence electrons. The molecule has 0 saturated heterocycles. The minimum absolute atomic E-state index is 0.296. The maximum atomic E-state index is 12.3. The van der Waals surface area contributed by atoms with E-state index in [1.165, 1.54) is 11.9 Å². The molecule has 0 aliphatic rings. The monoisotopic (exact) mass is 425 g/mol. The van der Waals surface area contributed by atoms with E-state index in [0.29, 0.717) is 23.1 Å². The number of aromatic nitrogens is 3. The first kappa shape index (κ1) is 20.8. The van der Waals surface area contributed by atoms with Crippen molar-refractivity contribution in [1.82, 2.24) is 15.0 Å². The summed E-state index contributed by atoms with van der Waals surface area (Å²) in [6.45, 7) is 4.05. The van der Waals surface area contributed by atoms with Gasteiger partial charge in [0, 0.05) is 29.3 Å². The number of hydrogen-bond donors (Lipinski definition) is 4. The second-order valence-electron chi connectivity index (χ2n) is 7.21. The third-order valence-electron chi connectivity index (χ3n) is 4.77. The predicted molar refractivity (Wildman–Crippen MR) is 128 cm³/mol. The summed E-state index contributed by atoms with van der Waals surface area (Å²) in [7, 11) is 0. The van der Waals surface area contributed by atoms with Crippen LogP contribution in [0.2, 0.25) is 0 Å². The van der Waals surface area contributed by atoms with Gasteiger partial charge in [-0.3, -0.25) is 0 Å². The maximum Gasteiger partial charge on any atom is 0.323 e. The van der Waals surface area contributed by atoms with E-state index >= 15 is 0 Å². The summed E-state index contributed by atoms with van der Waals surface area (Å²) in [6.07, 6.45) is 3.18. The van der Waals surface area contributed by atoms with Crippen LogP contribution < -0.4 is 21.3 Å². The summed E-state index contributed by atoms with van der Waals surface area (Å²) in [5.74, 6) is 1.96. The summed E-state index contributed by atoms with van der Waals surface area (Å²) in [5, 5.41) is 12.0. The van der Waals surface area contributed by atoms with E-state index in [4.69, 9.17) is 0 Å². The topological polar surface area (TPSA) is 104 Å². The van der Waals surface area contributed by atoms with Crippen LogP contribution in [0.25, 0.3) is 0 Å². The molecule has 32 heavy (non-hydrogen) atoms. The van der Waals surface area contributed by atoms with Crippen molar-refractivity contribution in [3.63, 3.8) is 0 Å². The molecular weight excluding hydrogens is 402 g/mol. The lowest BCUT2D eigenvalue weighted by Crippen LogP contribution is -2.19. The van der Waals surface area contributed by atoms with Gasteiger partial charge in [0.2, 0.25) is 0 Å². The number of urea groups is 1. The van der Waals surface area contributed by atoms with Crippen molar-refractivity contribution in [3.05, 3.63) is 90.4 Å². The van der Waals surface area contributed by atoms with Crippen LogP contribution in [0.3, 0.4) is 0 Å². The highest BCUT2D eigenvalue weighted by Gasteiger charge is 2.05. The highest BCUT2D eigenvalue weighted by Crippen LogP contribution is 2.20. The Balaban J connectivity index is 1.35. The Hall–Kier alpha value is -4.46. The van der Waals surface area contributed by atoms with Gasteiger partial charge in [-0.05, 0) is 73.5 Å². The van der Waals surface area contributed by atoms with Crippen LogP contribution in [-0.4, -0.2) is 21.0 Å². The fourth-order valence-corrected chi connectivity index (χ4v) is 2.96. The smallest absolute Gasteiger partial charge is 0.323 e. The highest BCUT2D eigenvalue weighted by molar-refractivity contribution is 5.99. The van der Waals surface area contributed by atoms with Crippen LogP contribution in [-0.2, 0) is 0 Å². The van der Waals surface area contributed by atoms with Crippen LogP contribution in [0.5, 0.6) is 0 Å². The number of hydrogen-bond acceptors (Lipinski definition) is 6. The van der Waals surface area contributed by atoms with E-state index < -0.39 is 0 Å². The summed E-state index contributed by atoms with van der Waals surface area (Å²) in [5.41, 5.74) is 4.57. The van der Waals surface area contributed by atoms with E-state index in [1.807, 2.05) is 74.5 Å². The number of rotatable bonds is 6.